The van der Waals surface area contributed by atoms with Crippen molar-refractivity contribution in [2.24, 2.45) is 10.7 Å². The molecule has 1 saturated heterocycles. The Bertz CT molecular complexity index is 829. The lowest BCUT2D eigenvalue weighted by molar-refractivity contribution is 0.100. The zero-order chi connectivity index (χ0) is 19.9. The Morgan fingerprint density at radius 3 is 2.46 bits per heavy atom. The van der Waals surface area contributed by atoms with Gasteiger partial charge in [-0.2, -0.15) is 0 Å². The Labute approximate surface area is 171 Å². The first-order chi connectivity index (χ1) is 13.6. The van der Waals surface area contributed by atoms with Crippen molar-refractivity contribution < 1.29 is 4.79 Å². The molecule has 1 aliphatic heterocycles. The predicted molar refractivity (Wildman–Crippen MR) is 115 cm³/mol. The minimum atomic E-state index is -0.416. The van der Waals surface area contributed by atoms with E-state index < -0.39 is 5.91 Å². The molecule has 28 heavy (non-hydrogen) atoms. The average molecular weight is 400 g/mol. The molecule has 6 nitrogen and oxygen atoms in total. The summed E-state index contributed by atoms with van der Waals surface area (Å²) in [6.07, 6.45) is 0. The second kappa shape index (κ2) is 9.46. The van der Waals surface area contributed by atoms with E-state index in [0.717, 1.165) is 55.0 Å². The van der Waals surface area contributed by atoms with E-state index in [0.29, 0.717) is 12.1 Å². The average Bonchev–Trinajstić information content (AvgIpc) is 2.71. The molecule has 0 aliphatic carbocycles. The summed E-state index contributed by atoms with van der Waals surface area (Å²) in [5.74, 6) is 0.494. The molecule has 0 unspecified atom stereocenters. The van der Waals surface area contributed by atoms with Gasteiger partial charge in [0.15, 0.2) is 5.96 Å². The Balaban J connectivity index is 1.62. The quantitative estimate of drug-likeness (QED) is 0.599. The van der Waals surface area contributed by atoms with E-state index in [-0.39, 0.29) is 0 Å². The third-order valence-electron chi connectivity index (χ3n) is 4.74. The number of piperazine rings is 1. The van der Waals surface area contributed by atoms with Crippen LogP contribution in [-0.2, 0) is 6.54 Å². The van der Waals surface area contributed by atoms with E-state index in [2.05, 4.69) is 28.1 Å². The molecule has 0 bridgehead atoms. The number of aliphatic imine (C=N–C) groups is 1. The van der Waals surface area contributed by atoms with Crippen LogP contribution in [0.4, 0.5) is 5.69 Å². The van der Waals surface area contributed by atoms with E-state index in [1.54, 1.807) is 12.1 Å². The van der Waals surface area contributed by atoms with Gasteiger partial charge in [-0.25, -0.2) is 4.99 Å². The molecule has 1 amide bonds. The molecule has 0 saturated carbocycles. The fraction of sp³-hybridized carbons (Fsp3) is 0.333. The summed E-state index contributed by atoms with van der Waals surface area (Å²) in [4.78, 5) is 20.6. The van der Waals surface area contributed by atoms with Gasteiger partial charge in [-0.3, -0.25) is 4.79 Å². The van der Waals surface area contributed by atoms with Gasteiger partial charge in [-0.15, -0.1) is 0 Å². The molecule has 2 aromatic carbocycles. The summed E-state index contributed by atoms with van der Waals surface area (Å²) in [6, 6.07) is 15.2. The number of carbonyl (C=O) groups excluding carboxylic acids is 1. The number of primary amides is 1. The number of nitrogens with two attached hydrogens (primary N) is 1. The predicted octanol–water partition coefficient (Wildman–Crippen LogP) is 2.73. The van der Waals surface area contributed by atoms with Crippen molar-refractivity contribution in [1.82, 2.24) is 10.2 Å². The van der Waals surface area contributed by atoms with Crippen LogP contribution in [0.25, 0.3) is 0 Å². The zero-order valence-electron chi connectivity index (χ0n) is 16.1. The Hall–Kier alpha value is -2.73. The van der Waals surface area contributed by atoms with Gasteiger partial charge in [-0.1, -0.05) is 29.8 Å². The van der Waals surface area contributed by atoms with Crippen LogP contribution >= 0.6 is 11.6 Å². The zero-order valence-corrected chi connectivity index (χ0v) is 16.8. The first-order valence-corrected chi connectivity index (χ1v) is 9.87. The van der Waals surface area contributed by atoms with Gasteiger partial charge in [-0.05, 0) is 42.8 Å². The van der Waals surface area contributed by atoms with Crippen LogP contribution in [0.3, 0.4) is 0 Å². The van der Waals surface area contributed by atoms with Crippen molar-refractivity contribution in [3.63, 3.8) is 0 Å². The minimum Gasteiger partial charge on any atom is -0.368 e. The Morgan fingerprint density at radius 2 is 1.86 bits per heavy atom. The van der Waals surface area contributed by atoms with E-state index >= 15 is 0 Å². The van der Waals surface area contributed by atoms with Gasteiger partial charge in [0.2, 0.25) is 5.91 Å². The van der Waals surface area contributed by atoms with Crippen molar-refractivity contribution in [2.75, 3.05) is 37.6 Å². The molecule has 1 fully saturated rings. The van der Waals surface area contributed by atoms with Gasteiger partial charge in [0.25, 0.3) is 0 Å². The van der Waals surface area contributed by atoms with Crippen LogP contribution in [-0.4, -0.2) is 49.5 Å². The topological polar surface area (TPSA) is 74.0 Å². The number of benzene rings is 2. The fourth-order valence-electron chi connectivity index (χ4n) is 3.22. The van der Waals surface area contributed by atoms with E-state index in [9.17, 15) is 4.79 Å². The lowest BCUT2D eigenvalue weighted by Crippen LogP contribution is -2.52. The second-order valence-corrected chi connectivity index (χ2v) is 7.12. The number of carbonyl (C=O) groups is 1. The van der Waals surface area contributed by atoms with Crippen molar-refractivity contribution >= 4 is 29.2 Å². The highest BCUT2D eigenvalue weighted by molar-refractivity contribution is 6.30. The minimum absolute atomic E-state index is 0.416. The Morgan fingerprint density at radius 1 is 1.14 bits per heavy atom. The lowest BCUT2D eigenvalue weighted by atomic mass is 10.1. The number of hydrogen-bond acceptors (Lipinski definition) is 3. The van der Waals surface area contributed by atoms with E-state index in [1.165, 1.54) is 0 Å². The van der Waals surface area contributed by atoms with Gasteiger partial charge in [0.05, 0.1) is 6.54 Å². The molecule has 1 aliphatic rings. The molecule has 0 radical (unpaired) electrons. The monoisotopic (exact) mass is 399 g/mol. The van der Waals surface area contributed by atoms with Gasteiger partial charge >= 0.3 is 0 Å². The molecule has 0 spiro atoms. The number of rotatable bonds is 5. The van der Waals surface area contributed by atoms with Crippen LogP contribution in [0.5, 0.6) is 0 Å². The highest BCUT2D eigenvalue weighted by Gasteiger charge is 2.20. The SMILES string of the molecule is CCNC(=NCc1ccc(C(N)=O)cc1)N1CCN(c2cccc(Cl)c2)CC1. The fourth-order valence-corrected chi connectivity index (χ4v) is 3.40. The highest BCUT2D eigenvalue weighted by Crippen LogP contribution is 2.20. The Kier molecular flexibility index (Phi) is 6.76. The normalized spacial score (nSPS) is 14.9. The molecule has 3 rings (SSSR count). The van der Waals surface area contributed by atoms with Crippen molar-refractivity contribution in [1.29, 1.82) is 0 Å². The van der Waals surface area contributed by atoms with Crippen LogP contribution in [0.2, 0.25) is 5.02 Å². The molecule has 3 N–H and O–H groups in total. The number of guanidine groups is 1. The van der Waals surface area contributed by atoms with Gasteiger partial charge in [0, 0.05) is 49.0 Å². The van der Waals surface area contributed by atoms with Gasteiger partial charge in [0.1, 0.15) is 0 Å². The maximum atomic E-state index is 11.2. The number of nitrogens with one attached hydrogen (secondary N) is 1. The number of halogens is 1. The largest absolute Gasteiger partial charge is 0.368 e. The van der Waals surface area contributed by atoms with Crippen molar-refractivity contribution in [2.45, 2.75) is 13.5 Å². The number of amides is 1. The maximum Gasteiger partial charge on any atom is 0.248 e. The van der Waals surface area contributed by atoms with Crippen LogP contribution in [0.1, 0.15) is 22.8 Å². The summed E-state index contributed by atoms with van der Waals surface area (Å²) in [5, 5.41) is 4.14. The summed E-state index contributed by atoms with van der Waals surface area (Å²) in [5.41, 5.74) is 8.00. The smallest absolute Gasteiger partial charge is 0.248 e. The third-order valence-corrected chi connectivity index (χ3v) is 4.97. The molecule has 0 atom stereocenters. The van der Waals surface area contributed by atoms with Gasteiger partial charge < -0.3 is 20.9 Å². The highest BCUT2D eigenvalue weighted by atomic mass is 35.5. The standard InChI is InChI=1S/C21H26ClN5O/c1-2-24-21(25-15-16-6-8-17(9-7-16)20(23)28)27-12-10-26(11-13-27)19-5-3-4-18(22)14-19/h3-9,14H,2,10-13,15H2,1H3,(H2,23,28)(H,24,25). The second-order valence-electron chi connectivity index (χ2n) is 6.69. The molecule has 7 heteroatoms. The summed E-state index contributed by atoms with van der Waals surface area (Å²) >= 11 is 6.12. The number of nitrogens with zero attached hydrogens (tertiary/aromatic N) is 3. The van der Waals surface area contributed by atoms with Crippen molar-refractivity contribution in [3.05, 3.63) is 64.7 Å². The van der Waals surface area contributed by atoms with E-state index in [1.807, 2.05) is 30.3 Å². The van der Waals surface area contributed by atoms with Crippen LogP contribution in [0, 0.1) is 0 Å². The molecular weight excluding hydrogens is 374 g/mol. The maximum absolute atomic E-state index is 11.2. The summed E-state index contributed by atoms with van der Waals surface area (Å²) < 4.78 is 0. The summed E-state index contributed by atoms with van der Waals surface area (Å²) in [7, 11) is 0. The van der Waals surface area contributed by atoms with Crippen molar-refractivity contribution in [3.8, 4) is 0 Å². The summed E-state index contributed by atoms with van der Waals surface area (Å²) in [6.45, 7) is 7.04. The number of anilines is 1. The van der Waals surface area contributed by atoms with E-state index in [4.69, 9.17) is 22.3 Å². The third kappa shape index (κ3) is 5.16. The molecule has 1 heterocycles. The molecule has 148 valence electrons. The van der Waals surface area contributed by atoms with Crippen LogP contribution in [0.15, 0.2) is 53.5 Å². The first kappa shape index (κ1) is 20.0. The first-order valence-electron chi connectivity index (χ1n) is 9.49. The molecular formula is C21H26ClN5O. The van der Waals surface area contributed by atoms with Crippen LogP contribution < -0.4 is 16.0 Å². The molecule has 2 aromatic rings. The number of hydrogen-bond donors (Lipinski definition) is 2. The molecule has 0 aromatic heterocycles. The lowest BCUT2D eigenvalue weighted by Gasteiger charge is -2.37.